The minimum Gasteiger partial charge on any atom is -0.390 e. The molecule has 1 fully saturated rings. The van der Waals surface area contributed by atoms with Gasteiger partial charge in [-0.05, 0) is 55.8 Å². The van der Waals surface area contributed by atoms with Gasteiger partial charge in [0, 0.05) is 18.4 Å². The molecule has 2 heterocycles. The zero-order valence-corrected chi connectivity index (χ0v) is 13.8. The van der Waals surface area contributed by atoms with Crippen molar-refractivity contribution >= 4 is 5.91 Å². The van der Waals surface area contributed by atoms with E-state index in [4.69, 9.17) is 0 Å². The number of carbonyl (C=O) groups excluding carboxylic acids is 1. The van der Waals surface area contributed by atoms with Crippen molar-refractivity contribution in [2.45, 2.75) is 25.5 Å². The van der Waals surface area contributed by atoms with E-state index in [1.54, 1.807) is 19.2 Å². The summed E-state index contributed by atoms with van der Waals surface area (Å²) < 4.78 is 14.4. The normalized spacial score (nSPS) is 20.3. The molecule has 1 aromatic heterocycles. The molecular weight excluding hydrogens is 325 g/mol. The number of aliphatic hydroxyl groups is 1. The highest BCUT2D eigenvalue weighted by molar-refractivity contribution is 5.95. The van der Waals surface area contributed by atoms with Gasteiger partial charge < -0.3 is 15.7 Å². The third-order valence-electron chi connectivity index (χ3n) is 4.40. The average molecular weight is 345 g/mol. The third-order valence-corrected chi connectivity index (χ3v) is 4.40. The Hall–Kier alpha value is -2.51. The van der Waals surface area contributed by atoms with Crippen molar-refractivity contribution in [3.8, 4) is 5.69 Å². The molecule has 2 aromatic rings. The predicted molar refractivity (Wildman–Crippen MR) is 91.5 cm³/mol. The summed E-state index contributed by atoms with van der Waals surface area (Å²) in [4.78, 5) is 25.4. The smallest absolute Gasteiger partial charge is 0.268 e. The first-order chi connectivity index (χ1) is 12.0. The van der Waals surface area contributed by atoms with Gasteiger partial charge >= 0.3 is 0 Å². The fraction of sp³-hybridized carbons (Fsp3) is 0.333. The lowest BCUT2D eigenvalue weighted by atomic mass is 10.0. The van der Waals surface area contributed by atoms with E-state index in [1.165, 1.54) is 28.8 Å². The number of hydrogen-bond donors (Lipinski definition) is 3. The lowest BCUT2D eigenvalue weighted by Crippen LogP contribution is -2.53. The second-order valence-corrected chi connectivity index (χ2v) is 6.17. The first-order valence-electron chi connectivity index (χ1n) is 8.15. The fourth-order valence-corrected chi connectivity index (χ4v) is 2.96. The van der Waals surface area contributed by atoms with Crippen molar-refractivity contribution in [1.82, 2.24) is 15.2 Å². The molecule has 0 radical (unpaired) electrons. The average Bonchev–Trinajstić information content (AvgIpc) is 2.58. The van der Waals surface area contributed by atoms with Gasteiger partial charge in [-0.25, -0.2) is 4.39 Å². The number of amides is 1. The maximum absolute atomic E-state index is 13.1. The van der Waals surface area contributed by atoms with E-state index in [0.29, 0.717) is 30.8 Å². The molecule has 0 saturated carbocycles. The monoisotopic (exact) mass is 345 g/mol. The number of aliphatic hydroxyl groups excluding tert-OH is 1. The topological polar surface area (TPSA) is 83.4 Å². The number of piperidine rings is 1. The van der Waals surface area contributed by atoms with Gasteiger partial charge in [-0.3, -0.25) is 14.2 Å². The van der Waals surface area contributed by atoms with E-state index in [-0.39, 0.29) is 5.56 Å². The number of carbonyl (C=O) groups is 1. The summed E-state index contributed by atoms with van der Waals surface area (Å²) >= 11 is 0. The Morgan fingerprint density at radius 3 is 2.72 bits per heavy atom. The first kappa shape index (κ1) is 17.3. The van der Waals surface area contributed by atoms with Crippen LogP contribution in [0.3, 0.4) is 0 Å². The Morgan fingerprint density at radius 1 is 1.32 bits per heavy atom. The molecule has 25 heavy (non-hydrogen) atoms. The van der Waals surface area contributed by atoms with Crippen LogP contribution in [0, 0.1) is 12.7 Å². The summed E-state index contributed by atoms with van der Waals surface area (Å²) in [6.07, 6.45) is 1.45. The van der Waals surface area contributed by atoms with Crippen LogP contribution in [0.5, 0.6) is 0 Å². The van der Waals surface area contributed by atoms with E-state index < -0.39 is 29.4 Å². The summed E-state index contributed by atoms with van der Waals surface area (Å²) in [5.41, 5.74) is 0.566. The Bertz CT molecular complexity index is 832. The van der Waals surface area contributed by atoms with Gasteiger partial charge in [0.05, 0.1) is 12.1 Å². The minimum atomic E-state index is -0.693. The van der Waals surface area contributed by atoms with Crippen molar-refractivity contribution in [3.05, 3.63) is 63.8 Å². The number of aromatic nitrogens is 1. The maximum Gasteiger partial charge on any atom is 0.268 e. The van der Waals surface area contributed by atoms with Crippen LogP contribution in [0.1, 0.15) is 22.3 Å². The van der Waals surface area contributed by atoms with Crippen molar-refractivity contribution in [2.24, 2.45) is 0 Å². The van der Waals surface area contributed by atoms with Crippen LogP contribution in [0.25, 0.3) is 5.69 Å². The van der Waals surface area contributed by atoms with Crippen LogP contribution >= 0.6 is 0 Å². The minimum absolute atomic E-state index is 0.0255. The second-order valence-electron chi connectivity index (χ2n) is 6.17. The number of benzene rings is 1. The number of nitrogens with one attached hydrogen (secondary N) is 2. The number of pyridine rings is 1. The summed E-state index contributed by atoms with van der Waals surface area (Å²) in [7, 11) is 0. The molecule has 1 aliphatic rings. The molecule has 1 aliphatic heterocycles. The Balaban J connectivity index is 1.93. The number of nitrogens with zero attached hydrogens (tertiary/aromatic N) is 1. The van der Waals surface area contributed by atoms with Gasteiger partial charge in [0.2, 0.25) is 0 Å². The molecule has 1 amide bonds. The van der Waals surface area contributed by atoms with Gasteiger partial charge in [-0.1, -0.05) is 0 Å². The molecule has 0 unspecified atom stereocenters. The van der Waals surface area contributed by atoms with E-state index in [0.717, 1.165) is 0 Å². The summed E-state index contributed by atoms with van der Waals surface area (Å²) in [6.45, 7) is 2.78. The van der Waals surface area contributed by atoms with Gasteiger partial charge in [0.1, 0.15) is 11.4 Å². The molecule has 3 rings (SSSR count). The van der Waals surface area contributed by atoms with Crippen LogP contribution in [0.2, 0.25) is 0 Å². The molecule has 1 saturated heterocycles. The van der Waals surface area contributed by atoms with Crippen LogP contribution in [-0.4, -0.2) is 40.8 Å². The number of aryl methyl sites for hydroxylation is 1. The van der Waals surface area contributed by atoms with Gasteiger partial charge in [-0.2, -0.15) is 0 Å². The predicted octanol–water partition coefficient (Wildman–Crippen LogP) is 0.738. The van der Waals surface area contributed by atoms with Crippen molar-refractivity contribution in [2.75, 3.05) is 13.1 Å². The molecule has 132 valence electrons. The van der Waals surface area contributed by atoms with Crippen molar-refractivity contribution in [3.63, 3.8) is 0 Å². The van der Waals surface area contributed by atoms with Crippen molar-refractivity contribution < 1.29 is 14.3 Å². The number of rotatable bonds is 3. The largest absolute Gasteiger partial charge is 0.390 e. The highest BCUT2D eigenvalue weighted by Crippen LogP contribution is 2.11. The molecule has 7 heteroatoms. The molecule has 1 aromatic carbocycles. The molecule has 6 nitrogen and oxygen atoms in total. The molecular formula is C18H20FN3O3. The molecule has 0 bridgehead atoms. The van der Waals surface area contributed by atoms with E-state index >= 15 is 0 Å². The number of halogens is 1. The highest BCUT2D eigenvalue weighted by Gasteiger charge is 2.26. The molecule has 2 atom stereocenters. The Morgan fingerprint density at radius 2 is 2.04 bits per heavy atom. The summed E-state index contributed by atoms with van der Waals surface area (Å²) in [5.74, 6) is -0.910. The zero-order valence-electron chi connectivity index (χ0n) is 13.8. The third kappa shape index (κ3) is 3.62. The quantitative estimate of drug-likeness (QED) is 0.766. The van der Waals surface area contributed by atoms with Crippen LogP contribution < -0.4 is 16.2 Å². The maximum atomic E-state index is 13.1. The van der Waals surface area contributed by atoms with E-state index in [1.807, 2.05) is 0 Å². The molecule has 3 N–H and O–H groups in total. The lowest BCUT2D eigenvalue weighted by Gasteiger charge is -2.29. The molecule has 0 spiro atoms. The Labute approximate surface area is 144 Å². The Kier molecular flexibility index (Phi) is 4.96. The van der Waals surface area contributed by atoms with E-state index in [2.05, 4.69) is 10.6 Å². The lowest BCUT2D eigenvalue weighted by molar-refractivity contribution is 0.0763. The van der Waals surface area contributed by atoms with Gasteiger partial charge in [0.15, 0.2) is 0 Å². The summed E-state index contributed by atoms with van der Waals surface area (Å²) in [5, 5.41) is 15.8. The number of hydrogen-bond acceptors (Lipinski definition) is 4. The highest BCUT2D eigenvalue weighted by atomic mass is 19.1. The zero-order chi connectivity index (χ0) is 18.0. The molecule has 0 aliphatic carbocycles. The van der Waals surface area contributed by atoms with Gasteiger partial charge in [0.25, 0.3) is 11.5 Å². The first-order valence-corrected chi connectivity index (χ1v) is 8.15. The van der Waals surface area contributed by atoms with E-state index in [9.17, 15) is 19.1 Å². The number of β-amino-alcohol motifs (C(OH)–C–C–N with tert-alkyl or cyclic N) is 1. The summed E-state index contributed by atoms with van der Waals surface area (Å²) in [6, 6.07) is 6.74. The van der Waals surface area contributed by atoms with Crippen molar-refractivity contribution in [1.29, 1.82) is 0 Å². The van der Waals surface area contributed by atoms with Crippen LogP contribution in [0.4, 0.5) is 4.39 Å². The van der Waals surface area contributed by atoms with Crippen LogP contribution in [-0.2, 0) is 0 Å². The van der Waals surface area contributed by atoms with Crippen LogP contribution in [0.15, 0.2) is 41.3 Å². The fourth-order valence-electron chi connectivity index (χ4n) is 2.96. The van der Waals surface area contributed by atoms with Gasteiger partial charge in [-0.15, -0.1) is 0 Å². The standard InChI is InChI=1S/C18H20FN3O3/c1-11-7-9-22(13-4-2-12(19)3-5-13)18(25)16(11)17(24)21-14-6-8-20-10-15(14)23/h2-5,7,9,14-15,20,23H,6,8,10H2,1H3,(H,21,24)/t14-,15-/m1/s1. The SMILES string of the molecule is Cc1ccn(-c2ccc(F)cc2)c(=O)c1C(=O)N[C@@H]1CCNC[C@H]1O. The second kappa shape index (κ2) is 7.16.